The normalized spacial score (nSPS) is 12.7. The largest absolute Gasteiger partial charge is 0.309 e. The van der Waals surface area contributed by atoms with Crippen molar-refractivity contribution in [2.45, 2.75) is 6.04 Å². The van der Waals surface area contributed by atoms with Crippen molar-refractivity contribution in [1.29, 1.82) is 0 Å². The number of thiophene rings is 1. The lowest BCUT2D eigenvalue weighted by Crippen LogP contribution is -2.16. The molecule has 2 aromatic heterocycles. The van der Waals surface area contributed by atoms with Crippen LogP contribution in [0.25, 0.3) is 0 Å². The third kappa shape index (κ3) is 2.45. The van der Waals surface area contributed by atoms with Gasteiger partial charge < -0.3 is 5.32 Å². The summed E-state index contributed by atoms with van der Waals surface area (Å²) in [5, 5.41) is 5.44. The summed E-state index contributed by atoms with van der Waals surface area (Å²) in [4.78, 5) is 4.14. The maximum absolute atomic E-state index is 4.14. The van der Waals surface area contributed by atoms with E-state index in [0.29, 0.717) is 0 Å². The fraction of sp³-hybridized carbons (Fsp3) is 0.182. The predicted octanol–water partition coefficient (Wildman–Crippen LogP) is 3.21. The van der Waals surface area contributed by atoms with E-state index in [1.807, 2.05) is 19.3 Å². The molecular weight excluding hydrogens is 272 g/mol. The minimum atomic E-state index is 0.223. The molecule has 1 N–H and O–H groups in total. The summed E-state index contributed by atoms with van der Waals surface area (Å²) in [6.07, 6.45) is 3.69. The Labute approximate surface area is 101 Å². The van der Waals surface area contributed by atoms with Crippen LogP contribution in [0.2, 0.25) is 0 Å². The second kappa shape index (κ2) is 4.88. The van der Waals surface area contributed by atoms with Crippen molar-refractivity contribution in [3.05, 3.63) is 50.9 Å². The van der Waals surface area contributed by atoms with Crippen molar-refractivity contribution in [1.82, 2.24) is 10.3 Å². The molecule has 0 amide bonds. The smallest absolute Gasteiger partial charge is 0.0701 e. The van der Waals surface area contributed by atoms with Crippen LogP contribution >= 0.6 is 27.3 Å². The summed E-state index contributed by atoms with van der Waals surface area (Å²) in [5.74, 6) is 0. The van der Waals surface area contributed by atoms with Gasteiger partial charge in [0.2, 0.25) is 0 Å². The van der Waals surface area contributed by atoms with Gasteiger partial charge in [0.15, 0.2) is 0 Å². The van der Waals surface area contributed by atoms with Crippen LogP contribution in [0.3, 0.4) is 0 Å². The Kier molecular flexibility index (Phi) is 3.51. The van der Waals surface area contributed by atoms with Crippen LogP contribution in [0.5, 0.6) is 0 Å². The molecule has 1 atom stereocenters. The van der Waals surface area contributed by atoms with Gasteiger partial charge in [-0.2, -0.15) is 0 Å². The average molecular weight is 283 g/mol. The summed E-state index contributed by atoms with van der Waals surface area (Å²) in [6, 6.07) is 6.40. The zero-order chi connectivity index (χ0) is 10.7. The number of aromatic nitrogens is 1. The van der Waals surface area contributed by atoms with Crippen molar-refractivity contribution >= 4 is 27.3 Å². The molecule has 2 heterocycles. The first-order valence-electron chi connectivity index (χ1n) is 4.62. The molecule has 0 aliphatic carbocycles. The number of hydrogen-bond donors (Lipinski definition) is 1. The van der Waals surface area contributed by atoms with Gasteiger partial charge in [-0.3, -0.25) is 4.98 Å². The molecule has 2 nitrogen and oxygen atoms in total. The molecular formula is C11H11BrN2S. The van der Waals surface area contributed by atoms with E-state index in [0.717, 1.165) is 3.79 Å². The first-order chi connectivity index (χ1) is 7.31. The lowest BCUT2D eigenvalue weighted by molar-refractivity contribution is 0.691. The number of rotatable bonds is 3. The molecule has 2 rings (SSSR count). The second-order valence-electron chi connectivity index (χ2n) is 3.19. The molecule has 0 bridgehead atoms. The van der Waals surface area contributed by atoms with Crippen LogP contribution in [0.4, 0.5) is 0 Å². The molecule has 0 fully saturated rings. The Morgan fingerprint density at radius 3 is 2.87 bits per heavy atom. The molecule has 0 saturated heterocycles. The van der Waals surface area contributed by atoms with E-state index in [2.05, 4.69) is 43.7 Å². The highest BCUT2D eigenvalue weighted by Gasteiger charge is 2.12. The maximum Gasteiger partial charge on any atom is 0.0701 e. The Balaban J connectivity index is 2.33. The summed E-state index contributed by atoms with van der Waals surface area (Å²) < 4.78 is 1.15. The monoisotopic (exact) mass is 282 g/mol. The van der Waals surface area contributed by atoms with E-state index in [-0.39, 0.29) is 6.04 Å². The summed E-state index contributed by atoms with van der Waals surface area (Å²) in [5.41, 5.74) is 2.45. The van der Waals surface area contributed by atoms with Crippen molar-refractivity contribution in [3.8, 4) is 0 Å². The molecule has 0 aromatic carbocycles. The second-order valence-corrected chi connectivity index (χ2v) is 5.48. The number of nitrogens with one attached hydrogen (secondary N) is 1. The Hall–Kier alpha value is -0.710. The summed E-state index contributed by atoms with van der Waals surface area (Å²) in [7, 11) is 1.96. The van der Waals surface area contributed by atoms with Crippen LogP contribution in [0.1, 0.15) is 17.2 Å². The van der Waals surface area contributed by atoms with Crippen LogP contribution in [0, 0.1) is 0 Å². The maximum atomic E-state index is 4.14. The standard InChI is InChI=1S/C11H11BrN2S/c1-13-11(8-3-2-4-14-6-8)9-5-10(12)15-7-9/h2-7,11,13H,1H3. The highest BCUT2D eigenvalue weighted by Crippen LogP contribution is 2.28. The van der Waals surface area contributed by atoms with Gasteiger partial charge >= 0.3 is 0 Å². The number of nitrogens with zero attached hydrogens (tertiary/aromatic N) is 1. The Morgan fingerprint density at radius 2 is 2.33 bits per heavy atom. The van der Waals surface area contributed by atoms with E-state index < -0.39 is 0 Å². The first-order valence-corrected chi connectivity index (χ1v) is 6.29. The fourth-order valence-electron chi connectivity index (χ4n) is 1.55. The minimum absolute atomic E-state index is 0.223. The molecule has 0 spiro atoms. The van der Waals surface area contributed by atoms with Crippen LogP contribution in [-0.4, -0.2) is 12.0 Å². The van der Waals surface area contributed by atoms with Crippen LogP contribution in [-0.2, 0) is 0 Å². The molecule has 0 saturated carbocycles. The molecule has 15 heavy (non-hydrogen) atoms. The van der Waals surface area contributed by atoms with Crippen molar-refractivity contribution in [2.75, 3.05) is 7.05 Å². The zero-order valence-electron chi connectivity index (χ0n) is 8.27. The first kappa shape index (κ1) is 10.8. The van der Waals surface area contributed by atoms with E-state index in [1.165, 1.54) is 11.1 Å². The highest BCUT2D eigenvalue weighted by molar-refractivity contribution is 9.11. The number of hydrogen-bond acceptors (Lipinski definition) is 3. The third-order valence-corrected chi connectivity index (χ3v) is 3.75. The molecule has 2 aromatic rings. The van der Waals surface area contributed by atoms with Gasteiger partial charge in [0, 0.05) is 12.4 Å². The van der Waals surface area contributed by atoms with Gasteiger partial charge in [0.05, 0.1) is 9.83 Å². The Morgan fingerprint density at radius 1 is 1.47 bits per heavy atom. The third-order valence-electron chi connectivity index (χ3n) is 2.23. The van der Waals surface area contributed by atoms with Crippen molar-refractivity contribution in [2.24, 2.45) is 0 Å². The topological polar surface area (TPSA) is 24.9 Å². The van der Waals surface area contributed by atoms with Gasteiger partial charge in [-0.25, -0.2) is 0 Å². The van der Waals surface area contributed by atoms with Gasteiger partial charge in [-0.05, 0) is 51.6 Å². The zero-order valence-corrected chi connectivity index (χ0v) is 10.7. The van der Waals surface area contributed by atoms with Crippen molar-refractivity contribution in [3.63, 3.8) is 0 Å². The predicted molar refractivity (Wildman–Crippen MR) is 67.2 cm³/mol. The molecule has 1 unspecified atom stereocenters. The van der Waals surface area contributed by atoms with E-state index in [9.17, 15) is 0 Å². The molecule has 0 radical (unpaired) electrons. The summed E-state index contributed by atoms with van der Waals surface area (Å²) >= 11 is 5.18. The average Bonchev–Trinajstić information content (AvgIpc) is 2.68. The fourth-order valence-corrected chi connectivity index (χ4v) is 2.75. The van der Waals surface area contributed by atoms with Crippen LogP contribution < -0.4 is 5.32 Å². The lowest BCUT2D eigenvalue weighted by Gasteiger charge is -2.14. The van der Waals surface area contributed by atoms with E-state index >= 15 is 0 Å². The van der Waals surface area contributed by atoms with Crippen LogP contribution in [0.15, 0.2) is 39.8 Å². The molecule has 78 valence electrons. The molecule has 4 heteroatoms. The van der Waals surface area contributed by atoms with Gasteiger partial charge in [-0.15, -0.1) is 11.3 Å². The van der Waals surface area contributed by atoms with E-state index in [4.69, 9.17) is 0 Å². The minimum Gasteiger partial charge on any atom is -0.309 e. The van der Waals surface area contributed by atoms with Gasteiger partial charge in [0.25, 0.3) is 0 Å². The van der Waals surface area contributed by atoms with Crippen molar-refractivity contribution < 1.29 is 0 Å². The quantitative estimate of drug-likeness (QED) is 0.935. The number of halogens is 1. The summed E-state index contributed by atoms with van der Waals surface area (Å²) in [6.45, 7) is 0. The number of pyridine rings is 1. The molecule has 0 aliphatic heterocycles. The Bertz CT molecular complexity index is 427. The highest BCUT2D eigenvalue weighted by atomic mass is 79.9. The van der Waals surface area contributed by atoms with Gasteiger partial charge in [0.1, 0.15) is 0 Å². The van der Waals surface area contributed by atoms with Gasteiger partial charge in [-0.1, -0.05) is 6.07 Å². The van der Waals surface area contributed by atoms with E-state index in [1.54, 1.807) is 17.5 Å². The molecule has 0 aliphatic rings. The lowest BCUT2D eigenvalue weighted by atomic mass is 10.0. The SMILES string of the molecule is CNC(c1cccnc1)c1csc(Br)c1.